The Bertz CT molecular complexity index is 847. The second-order valence-corrected chi connectivity index (χ2v) is 5.15. The van der Waals surface area contributed by atoms with Gasteiger partial charge in [0, 0.05) is 16.6 Å². The van der Waals surface area contributed by atoms with Crippen LogP contribution in [0.2, 0.25) is 5.02 Å². The van der Waals surface area contributed by atoms with Crippen LogP contribution in [0.4, 0.5) is 11.4 Å². The van der Waals surface area contributed by atoms with Crippen molar-refractivity contribution >= 4 is 39.6 Å². The van der Waals surface area contributed by atoms with Crippen molar-refractivity contribution in [2.45, 2.75) is 0 Å². The summed E-state index contributed by atoms with van der Waals surface area (Å²) in [6.07, 6.45) is 0. The first-order chi connectivity index (χ1) is 9.83. The van der Waals surface area contributed by atoms with Crippen LogP contribution >= 0.6 is 11.6 Å². The van der Waals surface area contributed by atoms with Crippen molar-refractivity contribution in [2.24, 2.45) is 4.99 Å². The van der Waals surface area contributed by atoms with E-state index in [9.17, 15) is 0 Å². The molecule has 1 aliphatic heterocycles. The molecule has 2 nitrogen and oxygen atoms in total. The third-order valence-corrected chi connectivity index (χ3v) is 3.83. The quantitative estimate of drug-likeness (QED) is 0.666. The Morgan fingerprint density at radius 2 is 1.65 bits per heavy atom. The van der Waals surface area contributed by atoms with E-state index in [0.717, 1.165) is 28.2 Å². The summed E-state index contributed by atoms with van der Waals surface area (Å²) in [4.78, 5) is 4.72. The van der Waals surface area contributed by atoms with Gasteiger partial charge < -0.3 is 5.32 Å². The number of rotatable bonds is 1. The van der Waals surface area contributed by atoms with Crippen LogP contribution < -0.4 is 5.32 Å². The van der Waals surface area contributed by atoms with Gasteiger partial charge in [-0.15, -0.1) is 0 Å². The Morgan fingerprint density at radius 1 is 0.850 bits per heavy atom. The smallest absolute Gasteiger partial charge is 0.139 e. The zero-order chi connectivity index (χ0) is 13.5. The predicted octanol–water partition coefficient (Wildman–Crippen LogP) is 5.00. The fraction of sp³-hybridized carbons (Fsp3) is 0. The Kier molecular flexibility index (Phi) is 2.51. The summed E-state index contributed by atoms with van der Waals surface area (Å²) in [5, 5.41) is 6.43. The van der Waals surface area contributed by atoms with Gasteiger partial charge in [0.2, 0.25) is 0 Å². The van der Waals surface area contributed by atoms with E-state index in [1.54, 1.807) is 0 Å². The second kappa shape index (κ2) is 4.36. The van der Waals surface area contributed by atoms with Crippen molar-refractivity contribution in [2.75, 3.05) is 5.32 Å². The van der Waals surface area contributed by atoms with Gasteiger partial charge in [0.15, 0.2) is 0 Å². The molecule has 1 N–H and O–H groups in total. The summed E-state index contributed by atoms with van der Waals surface area (Å²) < 4.78 is 0. The Balaban J connectivity index is 1.97. The van der Waals surface area contributed by atoms with Crippen molar-refractivity contribution in [1.29, 1.82) is 0 Å². The molecular weight excluding hydrogens is 268 g/mol. The molecule has 0 fully saturated rings. The molecule has 20 heavy (non-hydrogen) atoms. The summed E-state index contributed by atoms with van der Waals surface area (Å²) in [6, 6.07) is 20.1. The number of amidine groups is 1. The molecular formula is C17H11ClN2. The minimum absolute atomic E-state index is 0.699. The molecule has 4 rings (SSSR count). The molecule has 1 aliphatic rings. The van der Waals surface area contributed by atoms with E-state index in [4.69, 9.17) is 16.6 Å². The Hall–Kier alpha value is -2.32. The van der Waals surface area contributed by atoms with Gasteiger partial charge in [-0.1, -0.05) is 48.0 Å². The Labute approximate surface area is 121 Å². The predicted molar refractivity (Wildman–Crippen MR) is 85.2 cm³/mol. The standard InChI is InChI=1S/C17H11ClN2/c18-13-8-2-1-7-12(13)17-19-14-9-3-5-11-6-4-10-15(20-17)16(11)14/h1-10H,(H,19,20). The fourth-order valence-corrected chi connectivity index (χ4v) is 2.80. The highest BCUT2D eigenvalue weighted by atomic mass is 35.5. The zero-order valence-corrected chi connectivity index (χ0v) is 11.4. The molecule has 3 heteroatoms. The van der Waals surface area contributed by atoms with Crippen LogP contribution in [0.5, 0.6) is 0 Å². The van der Waals surface area contributed by atoms with Gasteiger partial charge in [0.1, 0.15) is 5.84 Å². The molecule has 3 aromatic carbocycles. The van der Waals surface area contributed by atoms with Crippen molar-refractivity contribution in [3.8, 4) is 0 Å². The number of hydrogen-bond donors (Lipinski definition) is 1. The largest absolute Gasteiger partial charge is 0.339 e. The van der Waals surface area contributed by atoms with Crippen LogP contribution in [0.25, 0.3) is 10.8 Å². The minimum atomic E-state index is 0.699. The van der Waals surface area contributed by atoms with E-state index in [1.165, 1.54) is 5.39 Å². The first-order valence-corrected chi connectivity index (χ1v) is 6.83. The molecule has 0 spiro atoms. The van der Waals surface area contributed by atoms with Crippen molar-refractivity contribution < 1.29 is 0 Å². The molecule has 0 saturated heterocycles. The van der Waals surface area contributed by atoms with E-state index < -0.39 is 0 Å². The molecule has 0 unspecified atom stereocenters. The monoisotopic (exact) mass is 278 g/mol. The Morgan fingerprint density at radius 3 is 2.50 bits per heavy atom. The maximum atomic E-state index is 6.27. The molecule has 0 amide bonds. The second-order valence-electron chi connectivity index (χ2n) is 4.75. The summed E-state index contributed by atoms with van der Waals surface area (Å²) in [6.45, 7) is 0. The third kappa shape index (κ3) is 1.69. The summed E-state index contributed by atoms with van der Waals surface area (Å²) in [7, 11) is 0. The van der Waals surface area contributed by atoms with Crippen LogP contribution in [-0.2, 0) is 0 Å². The van der Waals surface area contributed by atoms with Crippen LogP contribution in [0.3, 0.4) is 0 Å². The van der Waals surface area contributed by atoms with Gasteiger partial charge in [0.25, 0.3) is 0 Å². The van der Waals surface area contributed by atoms with Gasteiger partial charge >= 0.3 is 0 Å². The maximum Gasteiger partial charge on any atom is 0.139 e. The highest BCUT2D eigenvalue weighted by Crippen LogP contribution is 2.36. The van der Waals surface area contributed by atoms with E-state index in [0.29, 0.717) is 5.02 Å². The molecule has 3 aromatic rings. The van der Waals surface area contributed by atoms with Crippen LogP contribution in [-0.4, -0.2) is 5.84 Å². The molecule has 96 valence electrons. The highest BCUT2D eigenvalue weighted by Gasteiger charge is 2.16. The zero-order valence-electron chi connectivity index (χ0n) is 10.6. The van der Waals surface area contributed by atoms with Crippen LogP contribution in [0.15, 0.2) is 65.7 Å². The lowest BCUT2D eigenvalue weighted by Crippen LogP contribution is -2.16. The van der Waals surface area contributed by atoms with Crippen LogP contribution in [0, 0.1) is 0 Å². The van der Waals surface area contributed by atoms with Crippen LogP contribution in [0.1, 0.15) is 5.56 Å². The number of aliphatic imine (C=N–C) groups is 1. The van der Waals surface area contributed by atoms with Gasteiger partial charge in [-0.05, 0) is 29.7 Å². The molecule has 0 aromatic heterocycles. The molecule has 1 heterocycles. The highest BCUT2D eigenvalue weighted by molar-refractivity contribution is 6.35. The van der Waals surface area contributed by atoms with Gasteiger partial charge in [-0.2, -0.15) is 0 Å². The van der Waals surface area contributed by atoms with E-state index >= 15 is 0 Å². The number of nitrogens with zero attached hydrogens (tertiary/aromatic N) is 1. The molecule has 0 bridgehead atoms. The molecule has 0 aliphatic carbocycles. The summed E-state index contributed by atoms with van der Waals surface area (Å²) >= 11 is 6.27. The number of anilines is 1. The van der Waals surface area contributed by atoms with Crippen molar-refractivity contribution in [1.82, 2.24) is 0 Å². The number of benzene rings is 3. The average Bonchev–Trinajstić information content (AvgIpc) is 2.48. The topological polar surface area (TPSA) is 24.4 Å². The van der Waals surface area contributed by atoms with E-state index in [2.05, 4.69) is 23.5 Å². The van der Waals surface area contributed by atoms with E-state index in [1.807, 2.05) is 42.5 Å². The lowest BCUT2D eigenvalue weighted by molar-refractivity contribution is 1.46. The first-order valence-electron chi connectivity index (χ1n) is 6.45. The molecule has 0 atom stereocenters. The average molecular weight is 279 g/mol. The number of halogens is 1. The normalized spacial score (nSPS) is 12.9. The number of nitrogens with one attached hydrogen (secondary N) is 1. The maximum absolute atomic E-state index is 6.27. The minimum Gasteiger partial charge on any atom is -0.339 e. The van der Waals surface area contributed by atoms with Crippen molar-refractivity contribution in [3.63, 3.8) is 0 Å². The lowest BCUT2D eigenvalue weighted by Gasteiger charge is -2.19. The summed E-state index contributed by atoms with van der Waals surface area (Å²) in [5.41, 5.74) is 2.97. The SMILES string of the molecule is Clc1ccccc1C1=Nc2cccc3cccc(c23)N1. The molecule has 0 radical (unpaired) electrons. The molecule has 0 saturated carbocycles. The number of hydrogen-bond acceptors (Lipinski definition) is 2. The first kappa shape index (κ1) is 11.5. The van der Waals surface area contributed by atoms with Gasteiger partial charge in [-0.25, -0.2) is 4.99 Å². The summed E-state index contributed by atoms with van der Waals surface area (Å²) in [5.74, 6) is 0.793. The lowest BCUT2D eigenvalue weighted by atomic mass is 10.0. The van der Waals surface area contributed by atoms with Gasteiger partial charge in [-0.3, -0.25) is 0 Å². The van der Waals surface area contributed by atoms with Gasteiger partial charge in [0.05, 0.1) is 10.7 Å². The third-order valence-electron chi connectivity index (χ3n) is 3.50. The van der Waals surface area contributed by atoms with Crippen molar-refractivity contribution in [3.05, 3.63) is 71.2 Å². The fourth-order valence-electron chi connectivity index (χ4n) is 2.58. The van der Waals surface area contributed by atoms with E-state index in [-0.39, 0.29) is 0 Å².